The normalized spacial score (nSPS) is 22.2. The van der Waals surface area contributed by atoms with Crippen molar-refractivity contribution in [3.8, 4) is 11.5 Å². The summed E-state index contributed by atoms with van der Waals surface area (Å²) in [4.78, 5) is 24.7. The molecule has 0 saturated heterocycles. The lowest BCUT2D eigenvalue weighted by Gasteiger charge is -2.41. The quantitative estimate of drug-likeness (QED) is 0.545. The maximum absolute atomic E-state index is 12.9. The standard InChI is InChI=1S/C23H28O6/c1-13-15(3)23(4,21(29-7)14(2)20(13)22(25)26)11-10-18(24)17-12-16(27-5)8-9-19(17)28-6/h8-12,21H,1-7H3,(H,25,26). The summed E-state index contributed by atoms with van der Waals surface area (Å²) >= 11 is 0. The molecule has 0 radical (unpaired) electrons. The van der Waals surface area contributed by atoms with E-state index >= 15 is 0 Å². The molecule has 1 aromatic rings. The first kappa shape index (κ1) is 22.4. The van der Waals surface area contributed by atoms with E-state index in [1.54, 1.807) is 45.2 Å². The predicted molar refractivity (Wildman–Crippen MR) is 111 cm³/mol. The van der Waals surface area contributed by atoms with Crippen LogP contribution in [-0.2, 0) is 9.53 Å². The minimum absolute atomic E-state index is 0.243. The van der Waals surface area contributed by atoms with Crippen molar-refractivity contribution in [3.63, 3.8) is 0 Å². The van der Waals surface area contributed by atoms with Crippen LogP contribution in [0.15, 0.2) is 52.6 Å². The topological polar surface area (TPSA) is 82.1 Å². The molecule has 1 aliphatic rings. The first-order valence-electron chi connectivity index (χ1n) is 9.23. The first-order chi connectivity index (χ1) is 13.6. The number of benzene rings is 1. The van der Waals surface area contributed by atoms with Gasteiger partial charge in [0.15, 0.2) is 5.78 Å². The van der Waals surface area contributed by atoms with Crippen molar-refractivity contribution >= 4 is 11.8 Å². The second-order valence-electron chi connectivity index (χ2n) is 7.28. The average molecular weight is 400 g/mol. The van der Waals surface area contributed by atoms with E-state index in [9.17, 15) is 14.7 Å². The fraction of sp³-hybridized carbons (Fsp3) is 0.391. The van der Waals surface area contributed by atoms with Crippen molar-refractivity contribution in [1.82, 2.24) is 0 Å². The van der Waals surface area contributed by atoms with Gasteiger partial charge in [0.1, 0.15) is 11.5 Å². The van der Waals surface area contributed by atoms with Crippen LogP contribution >= 0.6 is 0 Å². The number of carbonyl (C=O) groups is 2. The van der Waals surface area contributed by atoms with Crippen molar-refractivity contribution in [1.29, 1.82) is 0 Å². The van der Waals surface area contributed by atoms with Crippen LogP contribution in [0.1, 0.15) is 38.1 Å². The summed E-state index contributed by atoms with van der Waals surface area (Å²) in [5.41, 5.74) is 2.12. The van der Waals surface area contributed by atoms with E-state index < -0.39 is 17.5 Å². The molecule has 0 aliphatic heterocycles. The minimum Gasteiger partial charge on any atom is -0.497 e. The third-order valence-electron chi connectivity index (χ3n) is 5.78. The molecule has 29 heavy (non-hydrogen) atoms. The number of carboxylic acid groups (broad SMARTS) is 1. The number of hydrogen-bond acceptors (Lipinski definition) is 5. The monoisotopic (exact) mass is 400 g/mol. The summed E-state index contributed by atoms with van der Waals surface area (Å²) in [6.07, 6.45) is 2.76. The largest absolute Gasteiger partial charge is 0.497 e. The zero-order valence-corrected chi connectivity index (χ0v) is 18.0. The van der Waals surface area contributed by atoms with E-state index in [1.807, 2.05) is 13.8 Å². The zero-order valence-electron chi connectivity index (χ0n) is 18.0. The number of carbonyl (C=O) groups excluding carboxylic acids is 1. The van der Waals surface area contributed by atoms with Gasteiger partial charge in [-0.3, -0.25) is 4.79 Å². The third kappa shape index (κ3) is 3.98. The molecule has 0 heterocycles. The molecule has 0 fully saturated rings. The van der Waals surface area contributed by atoms with Crippen molar-refractivity contribution in [2.75, 3.05) is 21.3 Å². The van der Waals surface area contributed by atoms with E-state index in [-0.39, 0.29) is 11.4 Å². The molecule has 1 aromatic carbocycles. The summed E-state index contributed by atoms with van der Waals surface area (Å²) in [5, 5.41) is 9.61. The van der Waals surface area contributed by atoms with Crippen LogP contribution in [0, 0.1) is 5.41 Å². The number of rotatable bonds is 7. The molecule has 0 amide bonds. The molecule has 6 heteroatoms. The molecule has 2 atom stereocenters. The molecular formula is C23H28O6. The third-order valence-corrected chi connectivity index (χ3v) is 5.78. The minimum atomic E-state index is -0.982. The molecule has 6 nitrogen and oxygen atoms in total. The summed E-state index contributed by atoms with van der Waals surface area (Å²) in [7, 11) is 4.58. The van der Waals surface area contributed by atoms with E-state index in [2.05, 4.69) is 0 Å². The van der Waals surface area contributed by atoms with Gasteiger partial charge in [-0.1, -0.05) is 11.6 Å². The Morgan fingerprint density at radius 2 is 1.76 bits per heavy atom. The molecule has 156 valence electrons. The van der Waals surface area contributed by atoms with Gasteiger partial charge < -0.3 is 19.3 Å². The van der Waals surface area contributed by atoms with Gasteiger partial charge in [-0.25, -0.2) is 4.79 Å². The molecule has 0 aromatic heterocycles. The lowest BCUT2D eigenvalue weighted by Crippen LogP contribution is -2.39. The first-order valence-corrected chi connectivity index (χ1v) is 9.23. The van der Waals surface area contributed by atoms with E-state index in [0.29, 0.717) is 28.2 Å². The number of ketones is 1. The Hall–Kier alpha value is -2.86. The lowest BCUT2D eigenvalue weighted by atomic mass is 9.67. The van der Waals surface area contributed by atoms with Gasteiger partial charge in [-0.05, 0) is 63.1 Å². The SMILES string of the molecule is COc1ccc(OC)c(C(=O)C=CC2(C)C(C)=C(C)C(C(=O)O)=C(C)C2OC)c1. The van der Waals surface area contributed by atoms with Crippen LogP contribution in [-0.4, -0.2) is 44.3 Å². The highest BCUT2D eigenvalue weighted by Crippen LogP contribution is 2.46. The highest BCUT2D eigenvalue weighted by molar-refractivity contribution is 6.07. The Labute approximate surface area is 171 Å². The molecule has 0 bridgehead atoms. The van der Waals surface area contributed by atoms with Crippen molar-refractivity contribution in [2.24, 2.45) is 5.41 Å². The Bertz CT molecular complexity index is 921. The van der Waals surface area contributed by atoms with Crippen LogP contribution in [0.25, 0.3) is 0 Å². The number of allylic oxidation sites excluding steroid dienone is 1. The van der Waals surface area contributed by atoms with Crippen LogP contribution in [0.4, 0.5) is 0 Å². The van der Waals surface area contributed by atoms with E-state index in [1.165, 1.54) is 20.3 Å². The van der Waals surface area contributed by atoms with E-state index in [0.717, 1.165) is 5.57 Å². The zero-order chi connectivity index (χ0) is 21.9. The second kappa shape index (κ2) is 8.66. The Morgan fingerprint density at radius 3 is 2.28 bits per heavy atom. The van der Waals surface area contributed by atoms with Gasteiger partial charge in [0.05, 0.1) is 31.5 Å². The molecule has 2 unspecified atom stereocenters. The van der Waals surface area contributed by atoms with E-state index in [4.69, 9.17) is 14.2 Å². The number of hydrogen-bond donors (Lipinski definition) is 1. The van der Waals surface area contributed by atoms with Crippen molar-refractivity contribution in [3.05, 3.63) is 58.2 Å². The Kier molecular flexibility index (Phi) is 6.69. The van der Waals surface area contributed by atoms with Crippen LogP contribution in [0.3, 0.4) is 0 Å². The molecule has 0 spiro atoms. The highest BCUT2D eigenvalue weighted by atomic mass is 16.5. The second-order valence-corrected chi connectivity index (χ2v) is 7.28. The molecule has 0 saturated carbocycles. The smallest absolute Gasteiger partial charge is 0.335 e. The molecule has 1 aliphatic carbocycles. The van der Waals surface area contributed by atoms with Gasteiger partial charge in [-0.15, -0.1) is 0 Å². The van der Waals surface area contributed by atoms with Crippen LogP contribution in [0.5, 0.6) is 11.5 Å². The van der Waals surface area contributed by atoms with Gasteiger partial charge >= 0.3 is 5.97 Å². The maximum atomic E-state index is 12.9. The fourth-order valence-corrected chi connectivity index (χ4v) is 3.97. The Morgan fingerprint density at radius 1 is 1.10 bits per heavy atom. The predicted octanol–water partition coefficient (Wildman–Crippen LogP) is 4.22. The Balaban J connectivity index is 2.51. The fourth-order valence-electron chi connectivity index (χ4n) is 3.97. The molecule has 2 rings (SSSR count). The number of carboxylic acids is 1. The van der Waals surface area contributed by atoms with Gasteiger partial charge in [0.2, 0.25) is 0 Å². The molecule has 1 N–H and O–H groups in total. The molecular weight excluding hydrogens is 372 g/mol. The van der Waals surface area contributed by atoms with Crippen molar-refractivity contribution in [2.45, 2.75) is 33.8 Å². The number of aliphatic carboxylic acids is 1. The van der Waals surface area contributed by atoms with Gasteiger partial charge in [0.25, 0.3) is 0 Å². The lowest BCUT2D eigenvalue weighted by molar-refractivity contribution is -0.132. The van der Waals surface area contributed by atoms with Crippen LogP contribution in [0.2, 0.25) is 0 Å². The highest BCUT2D eigenvalue weighted by Gasteiger charge is 2.42. The van der Waals surface area contributed by atoms with Gasteiger partial charge in [0, 0.05) is 12.5 Å². The summed E-state index contributed by atoms with van der Waals surface area (Å²) in [6, 6.07) is 5.03. The van der Waals surface area contributed by atoms with Crippen molar-refractivity contribution < 1.29 is 28.9 Å². The summed E-state index contributed by atoms with van der Waals surface area (Å²) in [6.45, 7) is 7.35. The summed E-state index contributed by atoms with van der Waals surface area (Å²) in [5.74, 6) is -0.221. The van der Waals surface area contributed by atoms with Crippen LogP contribution < -0.4 is 9.47 Å². The number of methoxy groups -OCH3 is 3. The maximum Gasteiger partial charge on any atom is 0.335 e. The number of ether oxygens (including phenoxy) is 3. The van der Waals surface area contributed by atoms with Gasteiger partial charge in [-0.2, -0.15) is 0 Å². The summed E-state index contributed by atoms with van der Waals surface area (Å²) < 4.78 is 16.2. The average Bonchev–Trinajstić information content (AvgIpc) is 2.70.